The molecular weight excluding hydrogens is 356 g/mol. The molecular formula is C14H21BrN2O3S. The number of aryl methyl sites for hydroxylation is 1. The van der Waals surface area contributed by atoms with Crippen LogP contribution in [0.3, 0.4) is 0 Å². The molecule has 0 atom stereocenters. The van der Waals surface area contributed by atoms with E-state index in [1.807, 2.05) is 26.0 Å². The quantitative estimate of drug-likeness (QED) is 0.795. The Balaban J connectivity index is 2.74. The van der Waals surface area contributed by atoms with Crippen LogP contribution in [0.15, 0.2) is 22.7 Å². The first-order chi connectivity index (χ1) is 9.74. The molecule has 0 radical (unpaired) electrons. The zero-order valence-electron chi connectivity index (χ0n) is 12.5. The molecule has 0 aliphatic rings. The summed E-state index contributed by atoms with van der Waals surface area (Å²) >= 11 is 3.38. The van der Waals surface area contributed by atoms with Crippen LogP contribution in [0.4, 0.5) is 5.69 Å². The van der Waals surface area contributed by atoms with Gasteiger partial charge in [0.2, 0.25) is 15.9 Å². The first kappa shape index (κ1) is 18.1. The van der Waals surface area contributed by atoms with Crippen LogP contribution in [0.2, 0.25) is 0 Å². The van der Waals surface area contributed by atoms with Gasteiger partial charge >= 0.3 is 0 Å². The average molecular weight is 377 g/mol. The number of benzene rings is 1. The SMILES string of the molecule is CCCCN(CC(=O)Nc1ccc(C)cc1Br)S(C)(=O)=O. The van der Waals surface area contributed by atoms with Crippen LogP contribution in [-0.2, 0) is 14.8 Å². The lowest BCUT2D eigenvalue weighted by molar-refractivity contribution is -0.116. The molecule has 0 saturated carbocycles. The topological polar surface area (TPSA) is 66.5 Å². The Bertz CT molecular complexity index is 602. The highest BCUT2D eigenvalue weighted by atomic mass is 79.9. The molecule has 0 spiro atoms. The van der Waals surface area contributed by atoms with Crippen molar-refractivity contribution in [3.63, 3.8) is 0 Å². The summed E-state index contributed by atoms with van der Waals surface area (Å²) < 4.78 is 25.3. The largest absolute Gasteiger partial charge is 0.324 e. The van der Waals surface area contributed by atoms with E-state index in [0.29, 0.717) is 12.2 Å². The number of carbonyl (C=O) groups is 1. The number of nitrogens with zero attached hydrogens (tertiary/aromatic N) is 1. The molecule has 1 aromatic rings. The maximum absolute atomic E-state index is 12.0. The second-order valence-corrected chi connectivity index (χ2v) is 7.82. The summed E-state index contributed by atoms with van der Waals surface area (Å²) in [6, 6.07) is 5.56. The summed E-state index contributed by atoms with van der Waals surface area (Å²) in [6.45, 7) is 4.12. The standard InChI is InChI=1S/C14H21BrN2O3S/c1-4-5-8-17(21(3,19)20)10-14(18)16-13-7-6-11(2)9-12(13)15/h6-7,9H,4-5,8,10H2,1-3H3,(H,16,18). The molecule has 5 nitrogen and oxygen atoms in total. The van der Waals surface area contributed by atoms with E-state index in [1.165, 1.54) is 4.31 Å². The van der Waals surface area contributed by atoms with Gasteiger partial charge in [0.1, 0.15) is 0 Å². The number of hydrogen-bond acceptors (Lipinski definition) is 3. The van der Waals surface area contributed by atoms with Crippen molar-refractivity contribution in [1.29, 1.82) is 0 Å². The molecule has 0 heterocycles. The lowest BCUT2D eigenvalue weighted by Crippen LogP contribution is -2.38. The highest BCUT2D eigenvalue weighted by Gasteiger charge is 2.19. The van der Waals surface area contributed by atoms with E-state index in [1.54, 1.807) is 6.07 Å². The van der Waals surface area contributed by atoms with Gasteiger partial charge in [0.25, 0.3) is 0 Å². The molecule has 1 amide bonds. The van der Waals surface area contributed by atoms with Crippen LogP contribution < -0.4 is 5.32 Å². The molecule has 0 aliphatic heterocycles. The normalized spacial score (nSPS) is 11.7. The fourth-order valence-corrected chi connectivity index (χ4v) is 3.17. The molecule has 1 N–H and O–H groups in total. The van der Waals surface area contributed by atoms with E-state index in [9.17, 15) is 13.2 Å². The third-order valence-corrected chi connectivity index (χ3v) is 4.85. The van der Waals surface area contributed by atoms with Gasteiger partial charge < -0.3 is 5.32 Å². The van der Waals surface area contributed by atoms with E-state index in [2.05, 4.69) is 21.2 Å². The molecule has 0 fully saturated rings. The Hall–Kier alpha value is -0.920. The lowest BCUT2D eigenvalue weighted by atomic mass is 10.2. The van der Waals surface area contributed by atoms with Crippen molar-refractivity contribution < 1.29 is 13.2 Å². The van der Waals surface area contributed by atoms with Gasteiger partial charge in [-0.15, -0.1) is 0 Å². The van der Waals surface area contributed by atoms with Crippen LogP contribution in [0.25, 0.3) is 0 Å². The first-order valence-corrected chi connectivity index (χ1v) is 9.39. The van der Waals surface area contributed by atoms with Gasteiger partial charge in [0, 0.05) is 11.0 Å². The number of unbranched alkanes of at least 4 members (excludes halogenated alkanes) is 1. The van der Waals surface area contributed by atoms with E-state index >= 15 is 0 Å². The molecule has 21 heavy (non-hydrogen) atoms. The average Bonchev–Trinajstić information content (AvgIpc) is 2.36. The second kappa shape index (κ2) is 7.91. The number of anilines is 1. The van der Waals surface area contributed by atoms with Crippen LogP contribution in [0.1, 0.15) is 25.3 Å². The molecule has 0 aliphatic carbocycles. The van der Waals surface area contributed by atoms with Crippen LogP contribution in [-0.4, -0.2) is 38.0 Å². The van der Waals surface area contributed by atoms with Gasteiger partial charge in [0.15, 0.2) is 0 Å². The van der Waals surface area contributed by atoms with Crippen molar-refractivity contribution in [2.45, 2.75) is 26.7 Å². The zero-order chi connectivity index (χ0) is 16.0. The minimum absolute atomic E-state index is 0.168. The smallest absolute Gasteiger partial charge is 0.239 e. The number of hydrogen-bond donors (Lipinski definition) is 1. The Labute approximate surface area is 134 Å². The van der Waals surface area contributed by atoms with Crippen LogP contribution in [0.5, 0.6) is 0 Å². The van der Waals surface area contributed by atoms with Gasteiger partial charge in [-0.1, -0.05) is 19.4 Å². The summed E-state index contributed by atoms with van der Waals surface area (Å²) in [5.74, 6) is -0.346. The third kappa shape index (κ3) is 6.15. The summed E-state index contributed by atoms with van der Waals surface area (Å²) in [5, 5.41) is 2.72. The van der Waals surface area contributed by atoms with Gasteiger partial charge in [0.05, 0.1) is 18.5 Å². The van der Waals surface area contributed by atoms with Crippen molar-refractivity contribution in [2.24, 2.45) is 0 Å². The zero-order valence-corrected chi connectivity index (χ0v) is 14.9. The molecule has 0 bridgehead atoms. The molecule has 7 heteroatoms. The summed E-state index contributed by atoms with van der Waals surface area (Å²) in [4.78, 5) is 12.0. The minimum Gasteiger partial charge on any atom is -0.324 e. The Kier molecular flexibility index (Phi) is 6.83. The molecule has 1 aromatic carbocycles. The number of amides is 1. The van der Waals surface area contributed by atoms with Gasteiger partial charge in [-0.2, -0.15) is 4.31 Å². The van der Waals surface area contributed by atoms with Gasteiger partial charge in [-0.25, -0.2) is 8.42 Å². The number of sulfonamides is 1. The monoisotopic (exact) mass is 376 g/mol. The highest BCUT2D eigenvalue weighted by Crippen LogP contribution is 2.23. The number of halogens is 1. The summed E-state index contributed by atoms with van der Waals surface area (Å²) in [7, 11) is -3.38. The number of rotatable bonds is 7. The van der Waals surface area contributed by atoms with Gasteiger partial charge in [-0.3, -0.25) is 4.79 Å². The van der Waals surface area contributed by atoms with E-state index in [0.717, 1.165) is 29.1 Å². The second-order valence-electron chi connectivity index (χ2n) is 4.98. The minimum atomic E-state index is -3.38. The third-order valence-electron chi connectivity index (χ3n) is 2.95. The van der Waals surface area contributed by atoms with Crippen molar-refractivity contribution in [2.75, 3.05) is 24.7 Å². The van der Waals surface area contributed by atoms with Crippen molar-refractivity contribution >= 4 is 37.5 Å². The first-order valence-electron chi connectivity index (χ1n) is 6.75. The van der Waals surface area contributed by atoms with Crippen LogP contribution in [0, 0.1) is 6.92 Å². The molecule has 0 saturated heterocycles. The highest BCUT2D eigenvalue weighted by molar-refractivity contribution is 9.10. The Morgan fingerprint density at radius 1 is 1.38 bits per heavy atom. The summed E-state index contributed by atoms with van der Waals surface area (Å²) in [5.41, 5.74) is 1.70. The fourth-order valence-electron chi connectivity index (χ4n) is 1.77. The predicted octanol–water partition coefficient (Wildman–Crippen LogP) is 2.76. The van der Waals surface area contributed by atoms with Crippen molar-refractivity contribution in [1.82, 2.24) is 4.31 Å². The van der Waals surface area contributed by atoms with Crippen molar-refractivity contribution in [3.8, 4) is 0 Å². The van der Waals surface area contributed by atoms with Crippen molar-refractivity contribution in [3.05, 3.63) is 28.2 Å². The Morgan fingerprint density at radius 2 is 2.05 bits per heavy atom. The molecule has 0 aromatic heterocycles. The molecule has 118 valence electrons. The van der Waals surface area contributed by atoms with Gasteiger partial charge in [-0.05, 0) is 47.0 Å². The maximum Gasteiger partial charge on any atom is 0.239 e. The number of carbonyl (C=O) groups excluding carboxylic acids is 1. The Morgan fingerprint density at radius 3 is 2.57 bits per heavy atom. The van der Waals surface area contributed by atoms with E-state index < -0.39 is 10.0 Å². The summed E-state index contributed by atoms with van der Waals surface area (Å²) in [6.07, 6.45) is 2.73. The predicted molar refractivity (Wildman–Crippen MR) is 88.8 cm³/mol. The van der Waals surface area contributed by atoms with E-state index in [-0.39, 0.29) is 12.5 Å². The maximum atomic E-state index is 12.0. The lowest BCUT2D eigenvalue weighted by Gasteiger charge is -2.19. The van der Waals surface area contributed by atoms with E-state index in [4.69, 9.17) is 0 Å². The molecule has 1 rings (SSSR count). The number of nitrogens with one attached hydrogen (secondary N) is 1. The molecule has 0 unspecified atom stereocenters. The van der Waals surface area contributed by atoms with Crippen LogP contribution >= 0.6 is 15.9 Å². The fraction of sp³-hybridized carbons (Fsp3) is 0.500.